The highest BCUT2D eigenvalue weighted by molar-refractivity contribution is 6.37. The molecule has 0 aliphatic heterocycles. The first-order valence-electron chi connectivity index (χ1n) is 8.90. The molecule has 0 aliphatic rings. The lowest BCUT2D eigenvalue weighted by molar-refractivity contribution is 0.0690. The number of aromatic nitrogens is 2. The maximum atomic E-state index is 13.3. The Morgan fingerprint density at radius 2 is 1.66 bits per heavy atom. The van der Waals surface area contributed by atoms with E-state index in [1.807, 2.05) is 19.2 Å². The van der Waals surface area contributed by atoms with E-state index in [4.69, 9.17) is 28.3 Å². The number of carboxylic acid groups (broad SMARTS) is 1. The van der Waals surface area contributed by atoms with Crippen molar-refractivity contribution in [3.8, 4) is 0 Å². The molecule has 0 spiro atoms. The first-order chi connectivity index (χ1) is 15.2. The standard InChI is InChI=1S/C11H6Cl2FN3O3.C9H12N2O/c12-5-2-6(13)7(14)1-4(5)10(18)15-9-3-8(11(19)20)16-17-9;1-10-8-5-3-7(4-6-8)9(12)11-2/h1-3H,(H,19,20)(H2,15,16,17,18);3-6,10H,1-2H3,(H,11,12). The molecular formula is C20H18Cl2FN5O4. The van der Waals surface area contributed by atoms with E-state index in [1.165, 1.54) is 0 Å². The van der Waals surface area contributed by atoms with Crippen LogP contribution in [-0.4, -0.2) is 47.2 Å². The summed E-state index contributed by atoms with van der Waals surface area (Å²) in [5.74, 6) is -2.85. The summed E-state index contributed by atoms with van der Waals surface area (Å²) in [5.41, 5.74) is 1.33. The largest absolute Gasteiger partial charge is 0.477 e. The molecule has 1 heterocycles. The van der Waals surface area contributed by atoms with Gasteiger partial charge in [-0.05, 0) is 36.4 Å². The van der Waals surface area contributed by atoms with Crippen LogP contribution >= 0.6 is 23.2 Å². The van der Waals surface area contributed by atoms with Crippen molar-refractivity contribution in [3.05, 3.63) is 75.1 Å². The van der Waals surface area contributed by atoms with Gasteiger partial charge in [-0.25, -0.2) is 9.18 Å². The highest BCUT2D eigenvalue weighted by atomic mass is 35.5. The molecule has 0 unspecified atom stereocenters. The number of carbonyl (C=O) groups excluding carboxylic acids is 2. The Hall–Kier alpha value is -3.63. The quantitative estimate of drug-likeness (QED) is 0.350. The van der Waals surface area contributed by atoms with Gasteiger partial charge in [0.05, 0.1) is 15.6 Å². The molecule has 1 aromatic heterocycles. The Kier molecular flexibility index (Phi) is 8.56. The van der Waals surface area contributed by atoms with Gasteiger partial charge in [-0.3, -0.25) is 14.7 Å². The third-order valence-corrected chi connectivity index (χ3v) is 4.57. The zero-order valence-electron chi connectivity index (χ0n) is 16.8. The average Bonchev–Trinajstić information content (AvgIpc) is 3.25. The minimum atomic E-state index is -1.23. The highest BCUT2D eigenvalue weighted by Gasteiger charge is 2.16. The van der Waals surface area contributed by atoms with Crippen molar-refractivity contribution in [1.29, 1.82) is 0 Å². The zero-order chi connectivity index (χ0) is 23.8. The van der Waals surface area contributed by atoms with Crippen molar-refractivity contribution >= 4 is 52.5 Å². The minimum Gasteiger partial charge on any atom is -0.477 e. The van der Waals surface area contributed by atoms with E-state index in [-0.39, 0.29) is 33.0 Å². The number of hydrogen-bond acceptors (Lipinski definition) is 5. The van der Waals surface area contributed by atoms with Crippen molar-refractivity contribution < 1.29 is 23.9 Å². The van der Waals surface area contributed by atoms with Crippen molar-refractivity contribution in [2.75, 3.05) is 24.7 Å². The van der Waals surface area contributed by atoms with E-state index in [0.717, 1.165) is 23.9 Å². The third-order valence-electron chi connectivity index (χ3n) is 3.97. The topological polar surface area (TPSA) is 136 Å². The predicted octanol–water partition coefficient (Wildman–Crippen LogP) is 3.89. The van der Waals surface area contributed by atoms with E-state index < -0.39 is 17.7 Å². The fraction of sp³-hybridized carbons (Fsp3) is 0.100. The molecule has 0 radical (unpaired) electrons. The van der Waals surface area contributed by atoms with Gasteiger partial charge in [-0.2, -0.15) is 5.10 Å². The lowest BCUT2D eigenvalue weighted by Gasteiger charge is -2.05. The van der Waals surface area contributed by atoms with Crippen molar-refractivity contribution in [2.45, 2.75) is 0 Å². The monoisotopic (exact) mass is 481 g/mol. The number of nitrogens with one attached hydrogen (secondary N) is 4. The summed E-state index contributed by atoms with van der Waals surface area (Å²) in [4.78, 5) is 33.6. The van der Waals surface area contributed by atoms with Crippen LogP contribution in [0.3, 0.4) is 0 Å². The summed E-state index contributed by atoms with van der Waals surface area (Å²) >= 11 is 11.3. The first-order valence-corrected chi connectivity index (χ1v) is 9.66. The minimum absolute atomic E-state index is 0.0289. The predicted molar refractivity (Wildman–Crippen MR) is 119 cm³/mol. The zero-order valence-corrected chi connectivity index (χ0v) is 18.3. The number of carboxylic acids is 1. The summed E-state index contributed by atoms with van der Waals surface area (Å²) in [6, 6.07) is 10.4. The second-order valence-corrected chi connectivity index (χ2v) is 6.89. The van der Waals surface area contributed by atoms with Crippen molar-refractivity contribution in [3.63, 3.8) is 0 Å². The Balaban J connectivity index is 0.000000258. The molecule has 32 heavy (non-hydrogen) atoms. The highest BCUT2D eigenvalue weighted by Crippen LogP contribution is 2.25. The van der Waals surface area contributed by atoms with Crippen molar-refractivity contribution in [2.24, 2.45) is 0 Å². The Bertz CT molecular complexity index is 1140. The fourth-order valence-corrected chi connectivity index (χ4v) is 2.78. The number of nitrogens with zero attached hydrogens (tertiary/aromatic N) is 1. The van der Waals surface area contributed by atoms with Crippen LogP contribution in [0.2, 0.25) is 10.0 Å². The summed E-state index contributed by atoms with van der Waals surface area (Å²) in [6.45, 7) is 0. The van der Waals surface area contributed by atoms with Gasteiger partial charge in [-0.1, -0.05) is 23.2 Å². The lowest BCUT2D eigenvalue weighted by Crippen LogP contribution is -2.17. The van der Waals surface area contributed by atoms with Crippen LogP contribution < -0.4 is 16.0 Å². The van der Waals surface area contributed by atoms with Crippen LogP contribution in [0.25, 0.3) is 0 Å². The summed E-state index contributed by atoms with van der Waals surface area (Å²) in [7, 11) is 3.46. The molecular weight excluding hydrogens is 464 g/mol. The fourth-order valence-electron chi connectivity index (χ4n) is 2.31. The van der Waals surface area contributed by atoms with Crippen LogP contribution in [0.4, 0.5) is 15.9 Å². The van der Waals surface area contributed by atoms with Gasteiger partial charge in [0, 0.05) is 31.4 Å². The number of carbonyl (C=O) groups is 3. The maximum absolute atomic E-state index is 13.3. The third kappa shape index (κ3) is 6.43. The SMILES string of the molecule is CNC(=O)c1ccc(NC)cc1.O=C(O)c1cc(NC(=O)c2cc(F)c(Cl)cc2Cl)n[nH]1. The van der Waals surface area contributed by atoms with Gasteiger partial charge in [0.2, 0.25) is 0 Å². The Morgan fingerprint density at radius 1 is 1.00 bits per heavy atom. The van der Waals surface area contributed by atoms with E-state index in [2.05, 4.69) is 26.1 Å². The van der Waals surface area contributed by atoms with Crippen LogP contribution in [0, 0.1) is 5.82 Å². The molecule has 3 aromatic rings. The number of halogens is 3. The van der Waals surface area contributed by atoms with E-state index in [9.17, 15) is 18.8 Å². The van der Waals surface area contributed by atoms with Gasteiger partial charge in [0.25, 0.3) is 11.8 Å². The molecule has 168 valence electrons. The van der Waals surface area contributed by atoms with Crippen LogP contribution in [-0.2, 0) is 0 Å². The van der Waals surface area contributed by atoms with Gasteiger partial charge < -0.3 is 21.1 Å². The van der Waals surface area contributed by atoms with E-state index in [0.29, 0.717) is 5.56 Å². The van der Waals surface area contributed by atoms with E-state index in [1.54, 1.807) is 19.2 Å². The number of H-pyrrole nitrogens is 1. The first kappa shape index (κ1) is 24.6. The van der Waals surface area contributed by atoms with Crippen molar-refractivity contribution in [1.82, 2.24) is 15.5 Å². The normalized spacial score (nSPS) is 9.91. The number of anilines is 2. The molecule has 0 aliphatic carbocycles. The average molecular weight is 482 g/mol. The number of aromatic amines is 1. The second-order valence-electron chi connectivity index (χ2n) is 6.08. The maximum Gasteiger partial charge on any atom is 0.353 e. The van der Waals surface area contributed by atoms with Gasteiger partial charge in [-0.15, -0.1) is 0 Å². The molecule has 3 rings (SSSR count). The molecule has 2 aromatic carbocycles. The van der Waals surface area contributed by atoms with Crippen LogP contribution in [0.5, 0.6) is 0 Å². The summed E-state index contributed by atoms with van der Waals surface area (Å²) < 4.78 is 13.3. The van der Waals surface area contributed by atoms with Gasteiger partial charge >= 0.3 is 5.97 Å². The second kappa shape index (κ2) is 11.1. The summed E-state index contributed by atoms with van der Waals surface area (Å²) in [5, 5.41) is 22.0. The molecule has 0 fully saturated rings. The molecule has 2 amide bonds. The smallest absolute Gasteiger partial charge is 0.353 e. The van der Waals surface area contributed by atoms with Gasteiger partial charge in [0.1, 0.15) is 11.5 Å². The number of benzene rings is 2. The lowest BCUT2D eigenvalue weighted by atomic mass is 10.2. The van der Waals surface area contributed by atoms with Gasteiger partial charge in [0.15, 0.2) is 5.82 Å². The van der Waals surface area contributed by atoms with E-state index >= 15 is 0 Å². The molecule has 9 nitrogen and oxygen atoms in total. The molecule has 0 atom stereocenters. The van der Waals surface area contributed by atoms with Crippen LogP contribution in [0.15, 0.2) is 42.5 Å². The number of rotatable bonds is 5. The molecule has 12 heteroatoms. The molecule has 0 saturated heterocycles. The molecule has 0 bridgehead atoms. The number of aromatic carboxylic acids is 1. The molecule has 5 N–H and O–H groups in total. The summed E-state index contributed by atoms with van der Waals surface area (Å²) in [6.07, 6.45) is 0. The number of amides is 2. The van der Waals surface area contributed by atoms with Crippen LogP contribution in [0.1, 0.15) is 31.2 Å². The molecule has 0 saturated carbocycles. The number of hydrogen-bond donors (Lipinski definition) is 5. The Morgan fingerprint density at radius 3 is 2.19 bits per heavy atom. The Labute approximate surface area is 191 Å².